The fourth-order valence-electron chi connectivity index (χ4n) is 1.55. The van der Waals surface area contributed by atoms with Crippen LogP contribution in [0, 0.1) is 5.82 Å². The Balaban J connectivity index is 2.82. The van der Waals surface area contributed by atoms with Gasteiger partial charge in [0.15, 0.2) is 0 Å². The van der Waals surface area contributed by atoms with Gasteiger partial charge in [0.2, 0.25) is 6.43 Å². The Kier molecular flexibility index (Phi) is 7.02. The van der Waals surface area contributed by atoms with E-state index in [-0.39, 0.29) is 12.3 Å². The number of halogens is 3. The molecule has 2 amide bonds. The number of benzene rings is 1. The van der Waals surface area contributed by atoms with Gasteiger partial charge in [-0.15, -0.1) is 11.8 Å². The van der Waals surface area contributed by atoms with Crippen molar-refractivity contribution in [2.24, 2.45) is 0 Å². The number of amides is 2. The average Bonchev–Trinajstić information content (AvgIpc) is 2.46. The third-order valence-electron chi connectivity index (χ3n) is 3.10. The summed E-state index contributed by atoms with van der Waals surface area (Å²) >= 11 is 0.827. The van der Waals surface area contributed by atoms with Crippen LogP contribution in [0.15, 0.2) is 23.1 Å². The first-order valence-corrected chi connectivity index (χ1v) is 7.68. The first-order chi connectivity index (χ1) is 10.3. The highest BCUT2D eigenvalue weighted by molar-refractivity contribution is 7.99. The van der Waals surface area contributed by atoms with Crippen LogP contribution >= 0.6 is 11.8 Å². The molecule has 0 heterocycles. The van der Waals surface area contributed by atoms with E-state index in [4.69, 9.17) is 0 Å². The fourth-order valence-corrected chi connectivity index (χ4v) is 2.28. The van der Waals surface area contributed by atoms with Gasteiger partial charge < -0.3 is 15.7 Å². The zero-order chi connectivity index (χ0) is 16.8. The van der Waals surface area contributed by atoms with Gasteiger partial charge >= 0.3 is 6.03 Å². The van der Waals surface area contributed by atoms with Crippen molar-refractivity contribution < 1.29 is 23.1 Å². The highest BCUT2D eigenvalue weighted by atomic mass is 32.2. The number of hydrogen-bond donors (Lipinski definition) is 3. The minimum atomic E-state index is -2.51. The largest absolute Gasteiger partial charge is 0.394 e. The second kappa shape index (κ2) is 8.28. The number of carbonyl (C=O) groups is 1. The van der Waals surface area contributed by atoms with Gasteiger partial charge in [0.25, 0.3) is 0 Å². The Labute approximate surface area is 131 Å². The van der Waals surface area contributed by atoms with Gasteiger partial charge in [-0.3, -0.25) is 0 Å². The molecule has 0 saturated carbocycles. The Hall–Kier alpha value is -1.41. The number of carbonyl (C=O) groups excluding carboxylic acids is 1. The number of thioether (sulfide) groups is 1. The number of nitrogens with one attached hydrogen (secondary N) is 2. The van der Waals surface area contributed by atoms with E-state index in [1.807, 2.05) is 0 Å². The first kappa shape index (κ1) is 18.6. The lowest BCUT2D eigenvalue weighted by atomic mass is 10.0. The van der Waals surface area contributed by atoms with Crippen LogP contribution in [0.2, 0.25) is 0 Å². The summed E-state index contributed by atoms with van der Waals surface area (Å²) in [6.07, 6.45) is -2.01. The van der Waals surface area contributed by atoms with E-state index in [9.17, 15) is 23.1 Å². The second-order valence-electron chi connectivity index (χ2n) is 4.99. The topological polar surface area (TPSA) is 61.4 Å². The van der Waals surface area contributed by atoms with Crippen molar-refractivity contribution >= 4 is 23.5 Å². The van der Waals surface area contributed by atoms with Crippen LogP contribution in [0.3, 0.4) is 0 Å². The lowest BCUT2D eigenvalue weighted by molar-refractivity contribution is 0.172. The highest BCUT2D eigenvalue weighted by Crippen LogP contribution is 2.29. The van der Waals surface area contributed by atoms with Crippen molar-refractivity contribution in [3.63, 3.8) is 0 Å². The van der Waals surface area contributed by atoms with Crippen LogP contribution in [-0.2, 0) is 0 Å². The van der Waals surface area contributed by atoms with E-state index >= 15 is 0 Å². The summed E-state index contributed by atoms with van der Waals surface area (Å²) in [5.74, 6) is -1.04. The first-order valence-electron chi connectivity index (χ1n) is 6.70. The summed E-state index contributed by atoms with van der Waals surface area (Å²) in [4.78, 5) is 12.3. The predicted octanol–water partition coefficient (Wildman–Crippen LogP) is 3.47. The van der Waals surface area contributed by atoms with Crippen molar-refractivity contribution in [3.8, 4) is 0 Å². The van der Waals surface area contributed by atoms with Crippen LogP contribution in [0.4, 0.5) is 23.7 Å². The number of alkyl halides is 2. The number of aliphatic hydroxyl groups is 1. The van der Waals surface area contributed by atoms with Crippen LogP contribution in [0.5, 0.6) is 0 Å². The summed E-state index contributed by atoms with van der Waals surface area (Å²) in [6, 6.07) is 2.90. The summed E-state index contributed by atoms with van der Waals surface area (Å²) in [5.41, 5.74) is -0.701. The molecule has 124 valence electrons. The molecule has 1 rings (SSSR count). The maximum absolute atomic E-state index is 13.3. The Bertz CT molecular complexity index is 511. The standard InChI is InChI=1S/C14H19F3N2O2S/c1-3-14(2,8-20)19-13(21)18-10-6-9(15)4-5-11(10)22-7-12(16)17/h4-6,12,20H,3,7-8H2,1-2H3,(H2,18,19,21). The number of urea groups is 1. The van der Waals surface area contributed by atoms with E-state index in [2.05, 4.69) is 10.6 Å². The van der Waals surface area contributed by atoms with Crippen molar-refractivity contribution in [2.45, 2.75) is 37.1 Å². The third-order valence-corrected chi connectivity index (χ3v) is 4.18. The third kappa shape index (κ3) is 5.76. The lowest BCUT2D eigenvalue weighted by Crippen LogP contribution is -2.50. The Morgan fingerprint density at radius 1 is 1.45 bits per heavy atom. The minimum Gasteiger partial charge on any atom is -0.394 e. The van der Waals surface area contributed by atoms with Gasteiger partial charge in [0, 0.05) is 4.90 Å². The quantitative estimate of drug-likeness (QED) is 0.668. The van der Waals surface area contributed by atoms with Crippen molar-refractivity contribution in [3.05, 3.63) is 24.0 Å². The molecule has 4 nitrogen and oxygen atoms in total. The molecule has 1 aromatic carbocycles. The van der Waals surface area contributed by atoms with Crippen LogP contribution < -0.4 is 10.6 Å². The molecule has 1 aromatic rings. The van der Waals surface area contributed by atoms with Gasteiger partial charge in [0.1, 0.15) is 5.82 Å². The second-order valence-corrected chi connectivity index (χ2v) is 6.06. The monoisotopic (exact) mass is 336 g/mol. The molecule has 0 aromatic heterocycles. The molecule has 0 fully saturated rings. The van der Waals surface area contributed by atoms with E-state index in [1.165, 1.54) is 6.07 Å². The zero-order valence-corrected chi connectivity index (χ0v) is 13.1. The predicted molar refractivity (Wildman–Crippen MR) is 81.1 cm³/mol. The molecule has 1 unspecified atom stereocenters. The van der Waals surface area contributed by atoms with Gasteiger partial charge in [-0.1, -0.05) is 6.92 Å². The van der Waals surface area contributed by atoms with Crippen molar-refractivity contribution in [1.82, 2.24) is 5.32 Å². The number of aliphatic hydroxyl groups excluding tert-OH is 1. The maximum atomic E-state index is 13.3. The highest BCUT2D eigenvalue weighted by Gasteiger charge is 2.23. The summed E-state index contributed by atoms with van der Waals surface area (Å²) < 4.78 is 37.9. The van der Waals surface area contributed by atoms with Crippen molar-refractivity contribution in [1.29, 1.82) is 0 Å². The lowest BCUT2D eigenvalue weighted by Gasteiger charge is -2.27. The molecule has 0 saturated heterocycles. The molecule has 0 aliphatic rings. The van der Waals surface area contributed by atoms with E-state index in [1.54, 1.807) is 13.8 Å². The molecular formula is C14H19F3N2O2S. The normalized spacial score (nSPS) is 13.8. The average molecular weight is 336 g/mol. The number of rotatable bonds is 7. The molecule has 0 spiro atoms. The number of anilines is 1. The van der Waals surface area contributed by atoms with Crippen molar-refractivity contribution in [2.75, 3.05) is 17.7 Å². The SMILES string of the molecule is CCC(C)(CO)NC(=O)Nc1cc(F)ccc1SCC(F)F. The molecule has 0 bridgehead atoms. The molecule has 8 heteroatoms. The summed E-state index contributed by atoms with van der Waals surface area (Å²) in [7, 11) is 0. The number of hydrogen-bond acceptors (Lipinski definition) is 3. The summed E-state index contributed by atoms with van der Waals surface area (Å²) in [5, 5.41) is 14.3. The molecular weight excluding hydrogens is 317 g/mol. The van der Waals surface area contributed by atoms with Gasteiger partial charge in [0.05, 0.1) is 23.6 Å². The molecule has 22 heavy (non-hydrogen) atoms. The molecule has 0 aliphatic carbocycles. The van der Waals surface area contributed by atoms with Crippen LogP contribution in [0.25, 0.3) is 0 Å². The van der Waals surface area contributed by atoms with Gasteiger partial charge in [-0.05, 0) is 31.5 Å². The van der Waals surface area contributed by atoms with Crippen LogP contribution in [0.1, 0.15) is 20.3 Å². The maximum Gasteiger partial charge on any atom is 0.319 e. The Morgan fingerprint density at radius 3 is 2.68 bits per heavy atom. The van der Waals surface area contributed by atoms with E-state index < -0.39 is 29.6 Å². The minimum absolute atomic E-state index is 0.111. The van der Waals surface area contributed by atoms with Crippen LogP contribution in [-0.4, -0.2) is 35.5 Å². The van der Waals surface area contributed by atoms with Gasteiger partial charge in [-0.25, -0.2) is 18.0 Å². The van der Waals surface area contributed by atoms with E-state index in [0.29, 0.717) is 11.3 Å². The smallest absolute Gasteiger partial charge is 0.319 e. The van der Waals surface area contributed by atoms with Gasteiger partial charge in [-0.2, -0.15) is 0 Å². The molecule has 3 N–H and O–H groups in total. The molecule has 0 aliphatic heterocycles. The van der Waals surface area contributed by atoms with E-state index in [0.717, 1.165) is 23.9 Å². The zero-order valence-electron chi connectivity index (χ0n) is 12.3. The molecule has 0 radical (unpaired) electrons. The Morgan fingerprint density at radius 2 is 2.14 bits per heavy atom. The fraction of sp³-hybridized carbons (Fsp3) is 0.500. The molecule has 1 atom stereocenters. The summed E-state index contributed by atoms with van der Waals surface area (Å²) in [6.45, 7) is 3.19.